The molecule has 1 amide bonds. The summed E-state index contributed by atoms with van der Waals surface area (Å²) in [4.78, 5) is 45.5. The molecule has 57 heavy (non-hydrogen) atoms. The maximum Gasteiger partial charge on any atom is 0.392 e. The molecule has 0 aliphatic carbocycles. The number of benzene rings is 3. The van der Waals surface area contributed by atoms with Crippen molar-refractivity contribution in [2.45, 2.75) is 52.0 Å². The molecule has 0 saturated heterocycles. The molecular weight excluding hydrogens is 790 g/mol. The fourth-order valence-electron chi connectivity index (χ4n) is 6.21. The molecule has 2 aliphatic heterocycles. The quantitative estimate of drug-likeness (QED) is 0.111. The van der Waals surface area contributed by atoms with Crippen LogP contribution in [-0.2, 0) is 33.8 Å². The number of aromatic nitrogens is 4. The van der Waals surface area contributed by atoms with E-state index in [4.69, 9.17) is 30.5 Å². The summed E-state index contributed by atoms with van der Waals surface area (Å²) in [7, 11) is 0. The molecule has 8 rings (SSSR count). The number of rotatable bonds is 9. The van der Waals surface area contributed by atoms with Crippen LogP contribution in [0.25, 0.3) is 31.8 Å². The van der Waals surface area contributed by atoms with Crippen molar-refractivity contribution < 1.29 is 46.1 Å². The molecule has 0 fully saturated rings. The fourth-order valence-corrected chi connectivity index (χ4v) is 7.58. The summed E-state index contributed by atoms with van der Waals surface area (Å²) in [6, 6.07) is 15.8. The van der Waals surface area contributed by atoms with Gasteiger partial charge in [-0.3, -0.25) is 4.79 Å². The minimum absolute atomic E-state index is 0.0466. The molecule has 0 saturated carbocycles. The summed E-state index contributed by atoms with van der Waals surface area (Å²) in [6.07, 6.45) is -4.38. The number of carbonyl (C=O) groups is 2. The molecule has 1 atom stereocenters. The van der Waals surface area contributed by atoms with Crippen molar-refractivity contribution in [3.8, 4) is 39.2 Å². The van der Waals surface area contributed by atoms with Gasteiger partial charge in [-0.2, -0.15) is 18.2 Å². The lowest BCUT2D eigenvalue weighted by molar-refractivity contribution is -0.151. The van der Waals surface area contributed by atoms with Crippen LogP contribution in [0.4, 0.5) is 23.2 Å². The normalized spacial score (nSPS) is 14.2. The van der Waals surface area contributed by atoms with Crippen molar-refractivity contribution in [2.75, 3.05) is 18.5 Å². The van der Waals surface area contributed by atoms with Gasteiger partial charge in [0.05, 0.1) is 41.2 Å². The molecular formula is C40H32ClF4N5O6S. The van der Waals surface area contributed by atoms with E-state index in [0.29, 0.717) is 70.6 Å². The monoisotopic (exact) mass is 821 g/mol. The van der Waals surface area contributed by atoms with Gasteiger partial charge in [0.15, 0.2) is 0 Å². The number of esters is 1. The number of hydrogen-bond acceptors (Lipinski definition) is 11. The van der Waals surface area contributed by atoms with Gasteiger partial charge in [0.1, 0.15) is 35.9 Å². The number of carbonyl (C=O) groups excluding carboxylic acids is 2. The Morgan fingerprint density at radius 2 is 1.86 bits per heavy atom. The number of anilines is 1. The number of thiophene rings is 1. The summed E-state index contributed by atoms with van der Waals surface area (Å²) in [5, 5.41) is 3.67. The Balaban J connectivity index is 1.31. The largest absolute Gasteiger partial charge is 0.487 e. The van der Waals surface area contributed by atoms with Crippen molar-refractivity contribution in [2.24, 2.45) is 0 Å². The Morgan fingerprint density at radius 1 is 1.05 bits per heavy atom. The average Bonchev–Trinajstić information content (AvgIpc) is 3.56. The predicted molar refractivity (Wildman–Crippen MR) is 204 cm³/mol. The van der Waals surface area contributed by atoms with Crippen LogP contribution >= 0.6 is 22.9 Å². The molecule has 5 heterocycles. The van der Waals surface area contributed by atoms with Gasteiger partial charge in [-0.25, -0.2) is 24.1 Å². The molecule has 1 N–H and O–H groups in total. The maximum absolute atomic E-state index is 14.1. The highest BCUT2D eigenvalue weighted by atomic mass is 35.5. The first-order chi connectivity index (χ1) is 27.4. The van der Waals surface area contributed by atoms with Crippen LogP contribution in [0.15, 0.2) is 73.2 Å². The summed E-state index contributed by atoms with van der Waals surface area (Å²) in [6.45, 7) is 2.72. The lowest BCUT2D eigenvalue weighted by Crippen LogP contribution is -2.32. The molecule has 2 aliphatic rings. The lowest BCUT2D eigenvalue weighted by Gasteiger charge is -2.21. The third kappa shape index (κ3) is 9.07. The van der Waals surface area contributed by atoms with Crippen molar-refractivity contribution in [3.05, 3.63) is 106 Å². The van der Waals surface area contributed by atoms with Crippen molar-refractivity contribution in [3.63, 3.8) is 0 Å². The topological polar surface area (TPSA) is 135 Å². The Kier molecular flexibility index (Phi) is 11.5. The Hall–Kier alpha value is -5.87. The molecule has 294 valence electrons. The van der Waals surface area contributed by atoms with Gasteiger partial charge in [0.25, 0.3) is 0 Å². The first-order valence-corrected chi connectivity index (χ1v) is 18.8. The van der Waals surface area contributed by atoms with Gasteiger partial charge in [-0.05, 0) is 72.0 Å². The minimum atomic E-state index is -4.40. The number of nitrogens with one attached hydrogen (secondary N) is 1. The molecule has 3 aromatic carbocycles. The second-order valence-electron chi connectivity index (χ2n) is 12.8. The third-order valence-electron chi connectivity index (χ3n) is 8.87. The van der Waals surface area contributed by atoms with E-state index in [1.54, 1.807) is 43.3 Å². The smallest absolute Gasteiger partial charge is 0.392 e. The highest BCUT2D eigenvalue weighted by Crippen LogP contribution is 2.49. The summed E-state index contributed by atoms with van der Waals surface area (Å²) < 4.78 is 75.3. The van der Waals surface area contributed by atoms with Crippen LogP contribution < -0.4 is 19.5 Å². The number of fused-ring (bicyclic) bond motifs is 6. The van der Waals surface area contributed by atoms with Crippen LogP contribution in [0.3, 0.4) is 0 Å². The maximum atomic E-state index is 14.1. The van der Waals surface area contributed by atoms with E-state index < -0.39 is 37.1 Å². The van der Waals surface area contributed by atoms with Crippen molar-refractivity contribution in [1.82, 2.24) is 19.9 Å². The van der Waals surface area contributed by atoms with Crippen molar-refractivity contribution >= 4 is 50.7 Å². The van der Waals surface area contributed by atoms with Gasteiger partial charge < -0.3 is 24.3 Å². The zero-order valence-corrected chi connectivity index (χ0v) is 31.9. The second kappa shape index (κ2) is 16.7. The molecule has 0 unspecified atom stereocenters. The SMILES string of the molecule is CCOC(=O)[C@H]1Cc2cc(ccc2OCc2ccnc(OCCC(F)(F)F)n2)CC(=O)Nc2ccc(c(C)c2Cl)-c2c(-c3ccc(F)cc3)sc3ncnc(c23)O1. The van der Waals surface area contributed by atoms with Gasteiger partial charge >= 0.3 is 18.2 Å². The summed E-state index contributed by atoms with van der Waals surface area (Å²) in [5.74, 6) is -1.10. The first-order valence-electron chi connectivity index (χ1n) is 17.6. The zero-order valence-electron chi connectivity index (χ0n) is 30.3. The standard InChI is InChI=1S/C40H32ClF4N5O6S/c1-3-53-38(52)30-18-24-16-22(4-11-29(24)55-19-26-12-14-46-39(49-26)54-15-13-40(43,44)45)17-31(51)50-28-10-9-27(21(2)34(28)41)32-33-36(56-30)47-20-48-37(33)57-35(32)23-5-7-25(42)8-6-23/h4-12,14,16,20,30H,3,13,15,17-19H2,1-2H3,(H,50,51)/t30-/m1/s1. The van der Waals surface area contributed by atoms with E-state index >= 15 is 0 Å². The predicted octanol–water partition coefficient (Wildman–Crippen LogP) is 8.87. The average molecular weight is 822 g/mol. The van der Waals surface area contributed by atoms with Crippen LogP contribution in [0.1, 0.15) is 35.7 Å². The second-order valence-corrected chi connectivity index (χ2v) is 14.2. The molecule has 4 bridgehead atoms. The van der Waals surface area contributed by atoms with E-state index in [0.717, 1.165) is 0 Å². The Labute approximate surface area is 332 Å². The lowest BCUT2D eigenvalue weighted by atomic mass is 9.95. The summed E-state index contributed by atoms with van der Waals surface area (Å²) in [5.41, 5.74) is 4.34. The number of hydrogen-bond donors (Lipinski definition) is 1. The van der Waals surface area contributed by atoms with E-state index in [1.165, 1.54) is 42.1 Å². The first kappa shape index (κ1) is 39.4. The number of amides is 1. The summed E-state index contributed by atoms with van der Waals surface area (Å²) >= 11 is 8.26. The molecule has 3 aromatic heterocycles. The zero-order chi connectivity index (χ0) is 40.3. The number of nitrogens with zero attached hydrogens (tertiary/aromatic N) is 4. The number of alkyl halides is 3. The van der Waals surface area contributed by atoms with E-state index in [1.807, 2.05) is 13.0 Å². The molecule has 17 heteroatoms. The molecule has 6 aromatic rings. The van der Waals surface area contributed by atoms with Crippen LogP contribution in [0, 0.1) is 12.7 Å². The van der Waals surface area contributed by atoms with Crippen molar-refractivity contribution in [1.29, 1.82) is 0 Å². The Bertz CT molecular complexity index is 2460. The van der Waals surface area contributed by atoms with Gasteiger partial charge in [0.2, 0.25) is 17.9 Å². The van der Waals surface area contributed by atoms with Gasteiger partial charge in [0, 0.05) is 23.1 Å². The van der Waals surface area contributed by atoms with Crippen LogP contribution in [-0.4, -0.2) is 57.3 Å². The van der Waals surface area contributed by atoms with Gasteiger partial charge in [-0.15, -0.1) is 11.3 Å². The molecule has 0 spiro atoms. The molecule has 0 radical (unpaired) electrons. The molecule has 11 nitrogen and oxygen atoms in total. The number of halogens is 5. The van der Waals surface area contributed by atoms with E-state index in [-0.39, 0.29) is 43.9 Å². The van der Waals surface area contributed by atoms with Crippen LogP contribution in [0.2, 0.25) is 5.02 Å². The van der Waals surface area contributed by atoms with E-state index in [9.17, 15) is 27.2 Å². The minimum Gasteiger partial charge on any atom is -0.487 e. The third-order valence-corrected chi connectivity index (χ3v) is 10.5. The Morgan fingerprint density at radius 3 is 2.63 bits per heavy atom. The van der Waals surface area contributed by atoms with Gasteiger partial charge in [-0.1, -0.05) is 41.9 Å². The number of ether oxygens (including phenoxy) is 4. The van der Waals surface area contributed by atoms with E-state index in [2.05, 4.69) is 25.3 Å². The highest BCUT2D eigenvalue weighted by Gasteiger charge is 2.30. The van der Waals surface area contributed by atoms with Crippen LogP contribution in [0.5, 0.6) is 17.6 Å². The highest BCUT2D eigenvalue weighted by molar-refractivity contribution is 7.22. The fraction of sp³-hybridized carbons (Fsp3) is 0.250.